The Bertz CT molecular complexity index is 458. The average Bonchev–Trinajstić information content (AvgIpc) is 2.52. The van der Waals surface area contributed by atoms with E-state index in [1.54, 1.807) is 6.07 Å². The maximum Gasteiger partial charge on any atom is 0.287 e. The average molecular weight is 301 g/mol. The van der Waals surface area contributed by atoms with Gasteiger partial charge in [0, 0.05) is 5.56 Å². The highest BCUT2D eigenvalue weighted by Gasteiger charge is 2.44. The molecule has 1 aromatic rings. The van der Waals surface area contributed by atoms with Gasteiger partial charge in [-0.25, -0.2) is 0 Å². The molecule has 0 atom stereocenters. The predicted octanol–water partition coefficient (Wildman–Crippen LogP) is 1.49. The highest BCUT2D eigenvalue weighted by molar-refractivity contribution is 9.10. The fraction of sp³-hybridized carbons (Fsp3) is 0.455. The SMILES string of the molecule is Cc1cc(C(=O)NC2(C(N)=O)CCC2)oc1Br. The number of rotatable bonds is 3. The van der Waals surface area contributed by atoms with Crippen LogP contribution < -0.4 is 11.1 Å². The van der Waals surface area contributed by atoms with Gasteiger partial charge in [0.25, 0.3) is 5.91 Å². The molecule has 1 fully saturated rings. The molecule has 2 rings (SSSR count). The molecule has 0 saturated heterocycles. The molecular formula is C11H13BrN2O3. The Kier molecular flexibility index (Phi) is 2.99. The van der Waals surface area contributed by atoms with E-state index in [-0.39, 0.29) is 5.76 Å². The quantitative estimate of drug-likeness (QED) is 0.887. The summed E-state index contributed by atoms with van der Waals surface area (Å²) in [5.74, 6) is -0.710. The number of carbonyl (C=O) groups is 2. The van der Waals surface area contributed by atoms with Gasteiger partial charge in [-0.2, -0.15) is 0 Å². The van der Waals surface area contributed by atoms with Crippen molar-refractivity contribution in [2.24, 2.45) is 5.73 Å². The number of amides is 2. The molecule has 1 heterocycles. The van der Waals surface area contributed by atoms with Crippen molar-refractivity contribution in [1.29, 1.82) is 0 Å². The van der Waals surface area contributed by atoms with Gasteiger partial charge >= 0.3 is 0 Å². The maximum absolute atomic E-state index is 11.9. The van der Waals surface area contributed by atoms with Crippen LogP contribution in [0.2, 0.25) is 0 Å². The molecule has 0 bridgehead atoms. The van der Waals surface area contributed by atoms with E-state index in [1.165, 1.54) is 0 Å². The van der Waals surface area contributed by atoms with Crippen LogP contribution in [0.5, 0.6) is 0 Å². The van der Waals surface area contributed by atoms with Gasteiger partial charge in [-0.05, 0) is 48.2 Å². The Balaban J connectivity index is 2.14. The lowest BCUT2D eigenvalue weighted by molar-refractivity contribution is -0.127. The first-order valence-electron chi connectivity index (χ1n) is 5.33. The van der Waals surface area contributed by atoms with Crippen molar-refractivity contribution in [1.82, 2.24) is 5.32 Å². The molecule has 0 aliphatic heterocycles. The largest absolute Gasteiger partial charge is 0.444 e. The van der Waals surface area contributed by atoms with E-state index in [4.69, 9.17) is 10.2 Å². The minimum Gasteiger partial charge on any atom is -0.444 e. The van der Waals surface area contributed by atoms with Crippen LogP contribution in [0.4, 0.5) is 0 Å². The molecule has 0 spiro atoms. The second kappa shape index (κ2) is 4.18. The summed E-state index contributed by atoms with van der Waals surface area (Å²) in [4.78, 5) is 23.2. The van der Waals surface area contributed by atoms with Gasteiger partial charge in [0.1, 0.15) is 5.54 Å². The van der Waals surface area contributed by atoms with Crippen molar-refractivity contribution < 1.29 is 14.0 Å². The summed E-state index contributed by atoms with van der Waals surface area (Å²) < 4.78 is 5.74. The molecule has 1 saturated carbocycles. The number of hydrogen-bond donors (Lipinski definition) is 2. The number of nitrogens with two attached hydrogens (primary N) is 1. The number of primary amides is 1. The summed E-state index contributed by atoms with van der Waals surface area (Å²) in [5.41, 5.74) is 5.25. The maximum atomic E-state index is 11.9. The first-order valence-corrected chi connectivity index (χ1v) is 6.12. The van der Waals surface area contributed by atoms with Crippen LogP contribution in [-0.2, 0) is 4.79 Å². The summed E-state index contributed by atoms with van der Waals surface area (Å²) in [7, 11) is 0. The smallest absolute Gasteiger partial charge is 0.287 e. The molecule has 6 heteroatoms. The van der Waals surface area contributed by atoms with Gasteiger partial charge in [-0.3, -0.25) is 9.59 Å². The first-order chi connectivity index (χ1) is 7.94. The summed E-state index contributed by atoms with van der Waals surface area (Å²) in [6.45, 7) is 1.82. The van der Waals surface area contributed by atoms with Crippen molar-refractivity contribution in [3.63, 3.8) is 0 Å². The lowest BCUT2D eigenvalue weighted by Crippen LogP contribution is -2.61. The minimum absolute atomic E-state index is 0.182. The van der Waals surface area contributed by atoms with Gasteiger partial charge in [0.15, 0.2) is 10.4 Å². The lowest BCUT2D eigenvalue weighted by atomic mass is 9.76. The van der Waals surface area contributed by atoms with E-state index in [0.29, 0.717) is 17.5 Å². The van der Waals surface area contributed by atoms with Crippen LogP contribution in [0.1, 0.15) is 35.4 Å². The zero-order valence-electron chi connectivity index (χ0n) is 9.38. The van der Waals surface area contributed by atoms with Crippen LogP contribution in [0.3, 0.4) is 0 Å². The zero-order chi connectivity index (χ0) is 12.6. The molecule has 1 aromatic heterocycles. The Labute approximate surface area is 107 Å². The topological polar surface area (TPSA) is 85.3 Å². The highest BCUT2D eigenvalue weighted by Crippen LogP contribution is 2.32. The van der Waals surface area contributed by atoms with Crippen molar-refractivity contribution in [3.05, 3.63) is 22.1 Å². The van der Waals surface area contributed by atoms with Gasteiger partial charge < -0.3 is 15.5 Å². The fourth-order valence-electron chi connectivity index (χ4n) is 1.81. The van der Waals surface area contributed by atoms with E-state index in [0.717, 1.165) is 12.0 Å². The summed E-state index contributed by atoms with van der Waals surface area (Å²) >= 11 is 3.19. The van der Waals surface area contributed by atoms with E-state index in [9.17, 15) is 9.59 Å². The predicted molar refractivity (Wildman–Crippen MR) is 64.4 cm³/mol. The monoisotopic (exact) mass is 300 g/mol. The van der Waals surface area contributed by atoms with E-state index in [1.807, 2.05) is 6.92 Å². The first kappa shape index (κ1) is 12.2. The Morgan fingerprint density at radius 2 is 2.18 bits per heavy atom. The summed E-state index contributed by atoms with van der Waals surface area (Å²) in [5, 5.41) is 2.66. The number of hydrogen-bond acceptors (Lipinski definition) is 3. The molecule has 0 radical (unpaired) electrons. The van der Waals surface area contributed by atoms with Crippen LogP contribution in [0.15, 0.2) is 15.2 Å². The van der Waals surface area contributed by atoms with Gasteiger partial charge in [0.05, 0.1) is 0 Å². The standard InChI is InChI=1S/C11H13BrN2O3/c1-6-5-7(17-8(6)12)9(15)14-11(10(13)16)3-2-4-11/h5H,2-4H2,1H3,(H2,13,16)(H,14,15). The normalized spacial score (nSPS) is 17.3. The summed E-state index contributed by atoms with van der Waals surface area (Å²) in [6.07, 6.45) is 2.08. The molecule has 3 N–H and O–H groups in total. The molecule has 5 nitrogen and oxygen atoms in total. The van der Waals surface area contributed by atoms with Crippen LogP contribution in [0.25, 0.3) is 0 Å². The van der Waals surface area contributed by atoms with E-state index in [2.05, 4.69) is 21.2 Å². The number of halogens is 1. The summed E-state index contributed by atoms with van der Waals surface area (Å²) in [6, 6.07) is 1.62. The number of carbonyl (C=O) groups excluding carboxylic acids is 2. The second-order valence-corrected chi connectivity index (χ2v) is 5.04. The van der Waals surface area contributed by atoms with Crippen molar-refractivity contribution in [2.75, 3.05) is 0 Å². The molecule has 2 amide bonds. The Morgan fingerprint density at radius 3 is 2.53 bits per heavy atom. The number of furan rings is 1. The third-order valence-electron chi connectivity index (χ3n) is 3.11. The van der Waals surface area contributed by atoms with Gasteiger partial charge in [-0.1, -0.05) is 0 Å². The Morgan fingerprint density at radius 1 is 1.53 bits per heavy atom. The zero-order valence-corrected chi connectivity index (χ0v) is 11.0. The Hall–Kier alpha value is -1.30. The molecule has 92 valence electrons. The van der Waals surface area contributed by atoms with Crippen molar-refractivity contribution >= 4 is 27.7 Å². The number of aryl methyl sites for hydroxylation is 1. The molecular weight excluding hydrogens is 288 g/mol. The second-order valence-electron chi connectivity index (χ2n) is 4.32. The molecule has 1 aliphatic rings. The molecule has 0 aromatic carbocycles. The van der Waals surface area contributed by atoms with Gasteiger partial charge in [0.2, 0.25) is 5.91 Å². The molecule has 17 heavy (non-hydrogen) atoms. The van der Waals surface area contributed by atoms with E-state index >= 15 is 0 Å². The van der Waals surface area contributed by atoms with Crippen molar-refractivity contribution in [3.8, 4) is 0 Å². The molecule has 0 unspecified atom stereocenters. The minimum atomic E-state index is -0.885. The van der Waals surface area contributed by atoms with Crippen LogP contribution in [-0.4, -0.2) is 17.4 Å². The number of nitrogens with one attached hydrogen (secondary N) is 1. The lowest BCUT2D eigenvalue weighted by Gasteiger charge is -2.39. The third-order valence-corrected chi connectivity index (χ3v) is 3.90. The fourth-order valence-corrected chi connectivity index (χ4v) is 2.10. The third kappa shape index (κ3) is 2.09. The van der Waals surface area contributed by atoms with Crippen LogP contribution >= 0.6 is 15.9 Å². The van der Waals surface area contributed by atoms with E-state index < -0.39 is 17.4 Å². The highest BCUT2D eigenvalue weighted by atomic mass is 79.9. The van der Waals surface area contributed by atoms with Gasteiger partial charge in [-0.15, -0.1) is 0 Å². The van der Waals surface area contributed by atoms with Crippen molar-refractivity contribution in [2.45, 2.75) is 31.7 Å². The van der Waals surface area contributed by atoms with Crippen LogP contribution in [0, 0.1) is 6.92 Å². The molecule has 1 aliphatic carbocycles.